The summed E-state index contributed by atoms with van der Waals surface area (Å²) in [4.78, 5) is 61.9. The zero-order chi connectivity index (χ0) is 37.1. The number of rotatable bonds is 5. The highest BCUT2D eigenvalue weighted by Gasteiger charge is 2.77. The van der Waals surface area contributed by atoms with Crippen LogP contribution < -0.4 is 14.5 Å². The van der Waals surface area contributed by atoms with Crippen LogP contribution >= 0.6 is 23.2 Å². The predicted octanol–water partition coefficient (Wildman–Crippen LogP) is 5.77. The summed E-state index contributed by atoms with van der Waals surface area (Å²) in [5, 5.41) is 21.9. The number of anilines is 2. The van der Waals surface area contributed by atoms with Gasteiger partial charge in [-0.25, -0.2) is 26.9 Å². The standard InChI is InChI=1S/C33H20Cl2F5N3O8/c1-51-19-9-2-12(10-18(19)44)21-15-7-8-16-20(29(46)41(28(16)45)13-3-5-14(6-4-13)43(49)50)17(15)11-32(34)30(47)42(31(48)33(21,32)35)27-25(39)23(37)22(36)24(38)26(27)40/h2-7,9-10,16-17,20-21,44H,8,11H2,1H3/t16-,17+,20-,21-,32+,33-/m0/s1. The van der Waals surface area contributed by atoms with Gasteiger partial charge in [0.15, 0.2) is 44.5 Å². The molecule has 1 N–H and O–H groups in total. The number of phenols is 1. The van der Waals surface area contributed by atoms with Gasteiger partial charge in [0.2, 0.25) is 17.6 Å². The summed E-state index contributed by atoms with van der Waals surface area (Å²) < 4.78 is 78.3. The Morgan fingerprint density at radius 3 is 2.04 bits per heavy atom. The molecular formula is C33H20Cl2F5N3O8. The summed E-state index contributed by atoms with van der Waals surface area (Å²) in [7, 11) is 1.24. The molecule has 4 amide bonds. The number of carbonyl (C=O) groups excluding carboxylic acids is 4. The van der Waals surface area contributed by atoms with Crippen molar-refractivity contribution in [3.05, 3.63) is 98.9 Å². The maximum Gasteiger partial charge on any atom is 0.269 e. The molecule has 6 atom stereocenters. The van der Waals surface area contributed by atoms with Crippen molar-refractivity contribution in [2.45, 2.75) is 28.5 Å². The summed E-state index contributed by atoms with van der Waals surface area (Å²) in [6, 6.07) is 8.24. The van der Waals surface area contributed by atoms with Crippen molar-refractivity contribution >= 4 is 63.9 Å². The van der Waals surface area contributed by atoms with Crippen LogP contribution in [0.2, 0.25) is 0 Å². The zero-order valence-corrected chi connectivity index (χ0v) is 27.1. The lowest BCUT2D eigenvalue weighted by Crippen LogP contribution is -2.60. The average molecular weight is 752 g/mol. The van der Waals surface area contributed by atoms with Gasteiger partial charge in [0.25, 0.3) is 17.5 Å². The van der Waals surface area contributed by atoms with Crippen LogP contribution in [-0.4, -0.2) is 50.5 Å². The van der Waals surface area contributed by atoms with Crippen LogP contribution in [-0.2, 0) is 19.2 Å². The van der Waals surface area contributed by atoms with E-state index in [2.05, 4.69) is 0 Å². The third kappa shape index (κ3) is 4.41. The second-order valence-electron chi connectivity index (χ2n) is 12.4. The Kier molecular flexibility index (Phi) is 7.72. The molecule has 7 rings (SSSR count). The van der Waals surface area contributed by atoms with Crippen LogP contribution in [0.25, 0.3) is 0 Å². The van der Waals surface area contributed by atoms with Crippen molar-refractivity contribution in [2.75, 3.05) is 16.9 Å². The lowest BCUT2D eigenvalue weighted by molar-refractivity contribution is -0.384. The number of aromatic hydroxyl groups is 1. The molecular weight excluding hydrogens is 732 g/mol. The third-order valence-corrected chi connectivity index (χ3v) is 11.5. The number of phenolic OH excluding ortho intramolecular Hbond substituents is 1. The Labute approximate surface area is 292 Å². The molecule has 11 nitrogen and oxygen atoms in total. The van der Waals surface area contributed by atoms with Crippen LogP contribution in [0.4, 0.5) is 39.0 Å². The molecule has 2 aliphatic carbocycles. The monoisotopic (exact) mass is 751 g/mol. The molecule has 0 bridgehead atoms. The van der Waals surface area contributed by atoms with E-state index in [-0.39, 0.29) is 39.6 Å². The lowest BCUT2D eigenvalue weighted by atomic mass is 9.56. The van der Waals surface area contributed by atoms with Gasteiger partial charge in [-0.05, 0) is 48.6 Å². The first kappa shape index (κ1) is 34.4. The Balaban J connectivity index is 1.41. The molecule has 1 saturated carbocycles. The van der Waals surface area contributed by atoms with Crippen LogP contribution in [0, 0.1) is 57.0 Å². The molecule has 4 aliphatic rings. The first-order chi connectivity index (χ1) is 24.0. The number of allylic oxidation sites excluding steroid dienone is 2. The second kappa shape index (κ2) is 11.5. The fourth-order valence-electron chi connectivity index (χ4n) is 7.81. The number of halogens is 7. The third-order valence-electron chi connectivity index (χ3n) is 10.1. The van der Waals surface area contributed by atoms with Gasteiger partial charge in [0, 0.05) is 18.1 Å². The number of benzene rings is 3. The summed E-state index contributed by atoms with van der Waals surface area (Å²) in [5.41, 5.74) is -2.09. The number of nitro groups is 1. The molecule has 2 aliphatic heterocycles. The summed E-state index contributed by atoms with van der Waals surface area (Å²) >= 11 is 14.1. The number of non-ortho nitro benzene ring substituents is 1. The van der Waals surface area contributed by atoms with E-state index in [4.69, 9.17) is 27.9 Å². The Morgan fingerprint density at radius 2 is 1.47 bits per heavy atom. The number of carbonyl (C=O) groups is 4. The van der Waals surface area contributed by atoms with Crippen LogP contribution in [0.3, 0.4) is 0 Å². The number of ether oxygens (including phenoxy) is 1. The van der Waals surface area contributed by atoms with E-state index in [1.165, 1.54) is 37.5 Å². The van der Waals surface area contributed by atoms with Crippen LogP contribution in [0.15, 0.2) is 54.1 Å². The van der Waals surface area contributed by atoms with E-state index in [0.717, 1.165) is 23.1 Å². The number of nitrogens with zero attached hydrogens (tertiary/aromatic N) is 3. The minimum Gasteiger partial charge on any atom is -0.504 e. The number of imide groups is 2. The Bertz CT molecular complexity index is 2140. The van der Waals surface area contributed by atoms with Gasteiger partial charge >= 0.3 is 0 Å². The number of hydrogen-bond acceptors (Lipinski definition) is 8. The fourth-order valence-corrected chi connectivity index (χ4v) is 8.74. The fraction of sp³-hybridized carbons (Fsp3) is 0.273. The highest BCUT2D eigenvalue weighted by molar-refractivity contribution is 6.58. The highest BCUT2D eigenvalue weighted by atomic mass is 35.5. The molecule has 0 unspecified atom stereocenters. The lowest BCUT2D eigenvalue weighted by Gasteiger charge is -2.50. The van der Waals surface area contributed by atoms with Crippen molar-refractivity contribution in [2.24, 2.45) is 17.8 Å². The van der Waals surface area contributed by atoms with Crippen molar-refractivity contribution < 1.29 is 55.9 Å². The first-order valence-electron chi connectivity index (χ1n) is 15.0. The molecule has 3 aromatic carbocycles. The van der Waals surface area contributed by atoms with Crippen molar-refractivity contribution in [1.29, 1.82) is 0 Å². The van der Waals surface area contributed by atoms with E-state index in [1.807, 2.05) is 0 Å². The number of methoxy groups -OCH3 is 1. The molecule has 0 radical (unpaired) electrons. The maximum atomic E-state index is 15.2. The van der Waals surface area contributed by atoms with E-state index < -0.39 is 109 Å². The molecule has 264 valence electrons. The Hall–Kier alpha value is -5.09. The average Bonchev–Trinajstić information content (AvgIpc) is 3.44. The number of nitro benzene ring substituents is 1. The van der Waals surface area contributed by atoms with E-state index in [9.17, 15) is 47.6 Å². The summed E-state index contributed by atoms with van der Waals surface area (Å²) in [6.07, 6.45) is 0.629. The van der Waals surface area contributed by atoms with Crippen LogP contribution in [0.1, 0.15) is 24.3 Å². The number of alkyl halides is 2. The normalized spacial score (nSPS) is 28.4. The Morgan fingerprint density at radius 1 is 0.863 bits per heavy atom. The van der Waals surface area contributed by atoms with Gasteiger partial charge < -0.3 is 9.84 Å². The van der Waals surface area contributed by atoms with Gasteiger partial charge in [-0.2, -0.15) is 0 Å². The number of amides is 4. The summed E-state index contributed by atoms with van der Waals surface area (Å²) in [6.45, 7) is 0. The molecule has 0 spiro atoms. The molecule has 2 heterocycles. The maximum absolute atomic E-state index is 15.2. The molecule has 3 fully saturated rings. The van der Waals surface area contributed by atoms with E-state index >= 15 is 8.78 Å². The van der Waals surface area contributed by atoms with Gasteiger partial charge in [-0.1, -0.05) is 17.7 Å². The predicted molar refractivity (Wildman–Crippen MR) is 167 cm³/mol. The number of fused-ring (bicyclic) bond motifs is 4. The topological polar surface area (TPSA) is 147 Å². The van der Waals surface area contributed by atoms with Crippen molar-refractivity contribution in [3.8, 4) is 11.5 Å². The van der Waals surface area contributed by atoms with Crippen molar-refractivity contribution in [3.63, 3.8) is 0 Å². The van der Waals surface area contributed by atoms with Gasteiger partial charge in [-0.15, -0.1) is 23.2 Å². The second-order valence-corrected chi connectivity index (χ2v) is 13.7. The van der Waals surface area contributed by atoms with Gasteiger partial charge in [-0.3, -0.25) is 34.2 Å². The van der Waals surface area contributed by atoms with Crippen molar-refractivity contribution in [1.82, 2.24) is 0 Å². The van der Waals surface area contributed by atoms with Gasteiger partial charge in [0.05, 0.1) is 29.6 Å². The van der Waals surface area contributed by atoms with Gasteiger partial charge in [0.1, 0.15) is 5.69 Å². The smallest absolute Gasteiger partial charge is 0.269 e. The SMILES string of the molecule is COc1ccc([C@H]2C3=CC[C@@H]4C(=O)N(c5ccc([N+](=O)[O-])cc5)C(=O)[C@@H]4[C@@H]3C[C@@]3(Cl)C(=O)N(c4c(F)c(F)c(F)c(F)c4F)C(=O)[C@@]23Cl)cc1O. The summed E-state index contributed by atoms with van der Waals surface area (Å²) in [5.74, 6) is -23.0. The minimum atomic E-state index is -2.77. The largest absolute Gasteiger partial charge is 0.504 e. The highest BCUT2D eigenvalue weighted by Crippen LogP contribution is 2.66. The molecule has 18 heteroatoms. The molecule has 2 saturated heterocycles. The van der Waals surface area contributed by atoms with E-state index in [0.29, 0.717) is 0 Å². The minimum absolute atomic E-state index is 0.00382. The number of hydrogen-bond donors (Lipinski definition) is 1. The molecule has 3 aromatic rings. The van der Waals surface area contributed by atoms with Crippen LogP contribution in [0.5, 0.6) is 11.5 Å². The molecule has 51 heavy (non-hydrogen) atoms. The first-order valence-corrected chi connectivity index (χ1v) is 15.7. The molecule has 0 aromatic heterocycles. The van der Waals surface area contributed by atoms with E-state index in [1.54, 1.807) is 0 Å². The quantitative estimate of drug-likeness (QED) is 0.0505. The zero-order valence-electron chi connectivity index (χ0n) is 25.6.